The number of nitrogens with one attached hydrogen (secondary N) is 2. The first kappa shape index (κ1) is 19.8. The van der Waals surface area contributed by atoms with Crippen molar-refractivity contribution < 1.29 is 0 Å². The van der Waals surface area contributed by atoms with E-state index in [1.54, 1.807) is 11.3 Å². The first-order chi connectivity index (χ1) is 10.7. The van der Waals surface area contributed by atoms with Crippen LogP contribution in [0.25, 0.3) is 0 Å². The third kappa shape index (κ3) is 6.82. The summed E-state index contributed by atoms with van der Waals surface area (Å²) in [4.78, 5) is 14.7. The van der Waals surface area contributed by atoms with Gasteiger partial charge in [0.2, 0.25) is 0 Å². The lowest BCUT2D eigenvalue weighted by atomic mass is 10.3. The molecule has 0 aliphatic heterocycles. The van der Waals surface area contributed by atoms with Gasteiger partial charge >= 0.3 is 0 Å². The molecule has 126 valence electrons. The zero-order valence-electron chi connectivity index (χ0n) is 13.8. The predicted molar refractivity (Wildman–Crippen MR) is 108 cm³/mol. The summed E-state index contributed by atoms with van der Waals surface area (Å²) in [5, 5.41) is 7.65. The largest absolute Gasteiger partial charge is 0.357 e. The highest BCUT2D eigenvalue weighted by atomic mass is 127. The standard InChI is InChI=1S/C16H23N5S.HI/c1-4-17-16(19-10-8-14-7-5-6-9-18-14)20-11-15-21-12(2)13(3)22-15;/h5-7,9H,4,8,10-11H2,1-3H3,(H2,17,19,20);1H. The molecule has 2 aromatic heterocycles. The molecule has 0 radical (unpaired) electrons. The van der Waals surface area contributed by atoms with E-state index in [1.165, 1.54) is 4.88 Å². The smallest absolute Gasteiger partial charge is 0.191 e. The van der Waals surface area contributed by atoms with Crippen molar-refractivity contribution in [2.75, 3.05) is 13.1 Å². The molecule has 0 saturated heterocycles. The number of aromatic nitrogens is 2. The Morgan fingerprint density at radius 3 is 2.70 bits per heavy atom. The van der Waals surface area contributed by atoms with Crippen molar-refractivity contribution in [2.45, 2.75) is 33.7 Å². The van der Waals surface area contributed by atoms with Crippen molar-refractivity contribution in [1.82, 2.24) is 20.6 Å². The summed E-state index contributed by atoms with van der Waals surface area (Å²) in [6.07, 6.45) is 2.70. The van der Waals surface area contributed by atoms with E-state index in [4.69, 9.17) is 0 Å². The first-order valence-electron chi connectivity index (χ1n) is 7.54. The minimum absolute atomic E-state index is 0. The minimum atomic E-state index is 0. The molecule has 0 unspecified atom stereocenters. The molecule has 0 aliphatic carbocycles. The molecular weight excluding hydrogens is 421 g/mol. The number of pyridine rings is 1. The van der Waals surface area contributed by atoms with Gasteiger partial charge in [-0.15, -0.1) is 35.3 Å². The predicted octanol–water partition coefficient (Wildman–Crippen LogP) is 3.07. The zero-order chi connectivity index (χ0) is 15.8. The summed E-state index contributed by atoms with van der Waals surface area (Å²) < 4.78 is 0. The van der Waals surface area contributed by atoms with E-state index in [2.05, 4.69) is 39.4 Å². The number of thiazole rings is 1. The van der Waals surface area contributed by atoms with Crippen LogP contribution in [0.3, 0.4) is 0 Å². The lowest BCUT2D eigenvalue weighted by molar-refractivity contribution is 0.787. The van der Waals surface area contributed by atoms with Crippen LogP contribution in [0.5, 0.6) is 0 Å². The Balaban J connectivity index is 0.00000264. The molecule has 0 saturated carbocycles. The molecule has 2 rings (SSSR count). The van der Waals surface area contributed by atoms with Crippen LogP contribution in [0.15, 0.2) is 29.4 Å². The van der Waals surface area contributed by atoms with Crippen LogP contribution in [0.4, 0.5) is 0 Å². The van der Waals surface area contributed by atoms with Crippen molar-refractivity contribution >= 4 is 41.3 Å². The molecule has 0 spiro atoms. The Morgan fingerprint density at radius 2 is 2.09 bits per heavy atom. The highest BCUT2D eigenvalue weighted by Crippen LogP contribution is 2.16. The lowest BCUT2D eigenvalue weighted by Crippen LogP contribution is -2.38. The second-order valence-electron chi connectivity index (χ2n) is 4.94. The number of hydrogen-bond donors (Lipinski definition) is 2. The molecule has 23 heavy (non-hydrogen) atoms. The molecule has 0 atom stereocenters. The van der Waals surface area contributed by atoms with Crippen molar-refractivity contribution in [3.8, 4) is 0 Å². The Morgan fingerprint density at radius 1 is 1.26 bits per heavy atom. The quantitative estimate of drug-likeness (QED) is 0.408. The second-order valence-corrected chi connectivity index (χ2v) is 6.23. The summed E-state index contributed by atoms with van der Waals surface area (Å²) in [6, 6.07) is 5.97. The summed E-state index contributed by atoms with van der Waals surface area (Å²) in [5.41, 5.74) is 2.18. The van der Waals surface area contributed by atoms with Gasteiger partial charge in [-0.3, -0.25) is 4.98 Å². The van der Waals surface area contributed by atoms with Gasteiger partial charge < -0.3 is 10.6 Å². The monoisotopic (exact) mass is 445 g/mol. The molecule has 0 aromatic carbocycles. The molecule has 2 N–H and O–H groups in total. The number of hydrogen-bond acceptors (Lipinski definition) is 4. The number of rotatable bonds is 6. The molecular formula is C16H24IN5S. The van der Waals surface area contributed by atoms with E-state index in [1.807, 2.05) is 31.3 Å². The fraction of sp³-hybridized carbons (Fsp3) is 0.438. The Kier molecular flexibility index (Phi) is 9.08. The van der Waals surface area contributed by atoms with Crippen molar-refractivity contribution in [2.24, 2.45) is 4.99 Å². The topological polar surface area (TPSA) is 62.2 Å². The van der Waals surface area contributed by atoms with E-state index in [0.29, 0.717) is 6.54 Å². The van der Waals surface area contributed by atoms with Crippen molar-refractivity contribution in [1.29, 1.82) is 0 Å². The normalized spacial score (nSPS) is 11.0. The van der Waals surface area contributed by atoms with Crippen LogP contribution in [-0.4, -0.2) is 29.0 Å². The van der Waals surface area contributed by atoms with Gasteiger partial charge in [-0.25, -0.2) is 9.98 Å². The average Bonchev–Trinajstić information content (AvgIpc) is 2.84. The summed E-state index contributed by atoms with van der Waals surface area (Å²) >= 11 is 1.71. The lowest BCUT2D eigenvalue weighted by Gasteiger charge is -2.10. The van der Waals surface area contributed by atoms with Gasteiger partial charge in [0.15, 0.2) is 5.96 Å². The number of guanidine groups is 1. The molecule has 7 heteroatoms. The van der Waals surface area contributed by atoms with E-state index in [0.717, 1.165) is 41.9 Å². The van der Waals surface area contributed by atoms with Gasteiger partial charge in [-0.05, 0) is 32.9 Å². The van der Waals surface area contributed by atoms with Crippen LogP contribution in [0.1, 0.15) is 28.2 Å². The zero-order valence-corrected chi connectivity index (χ0v) is 16.9. The minimum Gasteiger partial charge on any atom is -0.357 e. The Bertz CT molecular complexity index is 593. The number of nitrogens with zero attached hydrogens (tertiary/aromatic N) is 3. The Hall–Kier alpha value is -1.22. The van der Waals surface area contributed by atoms with Gasteiger partial charge in [0.25, 0.3) is 0 Å². The van der Waals surface area contributed by atoms with Crippen LogP contribution in [0, 0.1) is 13.8 Å². The van der Waals surface area contributed by atoms with Gasteiger partial charge in [0, 0.05) is 36.3 Å². The van der Waals surface area contributed by atoms with Crippen LogP contribution >= 0.6 is 35.3 Å². The van der Waals surface area contributed by atoms with Crippen LogP contribution < -0.4 is 10.6 Å². The SMILES string of the molecule is CCNC(=NCc1nc(C)c(C)s1)NCCc1ccccn1.I. The van der Waals surface area contributed by atoms with E-state index >= 15 is 0 Å². The average molecular weight is 445 g/mol. The molecule has 5 nitrogen and oxygen atoms in total. The third-order valence-corrected chi connectivity index (χ3v) is 4.25. The van der Waals surface area contributed by atoms with Crippen molar-refractivity contribution in [3.05, 3.63) is 45.7 Å². The number of halogens is 1. The van der Waals surface area contributed by atoms with Gasteiger partial charge in [-0.2, -0.15) is 0 Å². The van der Waals surface area contributed by atoms with Gasteiger partial charge in [-0.1, -0.05) is 6.07 Å². The maximum Gasteiger partial charge on any atom is 0.191 e. The number of aliphatic imine (C=N–C) groups is 1. The number of aryl methyl sites for hydroxylation is 2. The van der Waals surface area contributed by atoms with E-state index < -0.39 is 0 Å². The molecule has 0 bridgehead atoms. The van der Waals surface area contributed by atoms with Crippen LogP contribution in [-0.2, 0) is 13.0 Å². The fourth-order valence-corrected chi connectivity index (χ4v) is 2.81. The van der Waals surface area contributed by atoms with Crippen molar-refractivity contribution in [3.63, 3.8) is 0 Å². The molecule has 0 amide bonds. The molecule has 0 aliphatic rings. The maximum absolute atomic E-state index is 4.59. The third-order valence-electron chi connectivity index (χ3n) is 3.19. The molecule has 0 fully saturated rings. The molecule has 2 aromatic rings. The first-order valence-corrected chi connectivity index (χ1v) is 8.35. The van der Waals surface area contributed by atoms with Gasteiger partial charge in [0.05, 0.1) is 12.2 Å². The van der Waals surface area contributed by atoms with Gasteiger partial charge in [0.1, 0.15) is 5.01 Å². The fourth-order valence-electron chi connectivity index (χ4n) is 1.95. The highest BCUT2D eigenvalue weighted by molar-refractivity contribution is 14.0. The summed E-state index contributed by atoms with van der Waals surface area (Å²) in [7, 11) is 0. The summed E-state index contributed by atoms with van der Waals surface area (Å²) in [5.74, 6) is 0.823. The maximum atomic E-state index is 4.59. The molecule has 2 heterocycles. The van der Waals surface area contributed by atoms with E-state index in [9.17, 15) is 0 Å². The van der Waals surface area contributed by atoms with Crippen LogP contribution in [0.2, 0.25) is 0 Å². The summed E-state index contributed by atoms with van der Waals surface area (Å²) in [6.45, 7) is 8.45. The second kappa shape index (κ2) is 10.5. The highest BCUT2D eigenvalue weighted by Gasteiger charge is 2.04. The van der Waals surface area contributed by atoms with E-state index in [-0.39, 0.29) is 24.0 Å². The Labute approximate surface area is 159 Å².